The SMILES string of the molecule is O=[N+]([O-])c1ccccc1-c1ccc2[nH]c3ccc(-c4ccccc4[N+](=O)[O-])cc3c2c1. The van der Waals surface area contributed by atoms with Gasteiger partial charge in [0.25, 0.3) is 11.4 Å². The lowest BCUT2D eigenvalue weighted by atomic mass is 9.99. The number of aromatic nitrogens is 1. The molecule has 1 heterocycles. The van der Waals surface area contributed by atoms with Gasteiger partial charge in [0.15, 0.2) is 0 Å². The summed E-state index contributed by atoms with van der Waals surface area (Å²) in [5.74, 6) is 0. The molecule has 4 aromatic carbocycles. The molecule has 0 amide bonds. The molecule has 0 aliphatic carbocycles. The van der Waals surface area contributed by atoms with E-state index in [0.29, 0.717) is 11.1 Å². The zero-order valence-electron chi connectivity index (χ0n) is 16.1. The standard InChI is InChI=1S/C24H15N3O4/c28-26(29)23-7-3-1-5-17(23)15-9-11-21-19(13-15)20-14-16(10-12-22(20)25-21)18-6-2-4-8-24(18)27(30)31/h1-14,25H. The number of hydrogen-bond acceptors (Lipinski definition) is 4. The molecule has 0 aliphatic heterocycles. The van der Waals surface area contributed by atoms with Crippen LogP contribution in [0.25, 0.3) is 44.1 Å². The normalized spacial score (nSPS) is 11.1. The first-order valence-electron chi connectivity index (χ1n) is 9.56. The fourth-order valence-corrected chi connectivity index (χ4v) is 3.99. The lowest BCUT2D eigenvalue weighted by Gasteiger charge is -2.05. The molecule has 1 aromatic heterocycles. The summed E-state index contributed by atoms with van der Waals surface area (Å²) in [5, 5.41) is 24.7. The fraction of sp³-hybridized carbons (Fsp3) is 0. The number of aromatic amines is 1. The van der Waals surface area contributed by atoms with Crippen LogP contribution in [-0.2, 0) is 0 Å². The molecule has 0 fully saturated rings. The van der Waals surface area contributed by atoms with Crippen LogP contribution in [0.5, 0.6) is 0 Å². The van der Waals surface area contributed by atoms with E-state index in [9.17, 15) is 20.2 Å². The van der Waals surface area contributed by atoms with Crippen LogP contribution in [-0.4, -0.2) is 14.8 Å². The number of para-hydroxylation sites is 2. The summed E-state index contributed by atoms with van der Waals surface area (Å²) >= 11 is 0. The molecule has 0 spiro atoms. The Bertz CT molecular complexity index is 1390. The minimum atomic E-state index is -0.388. The smallest absolute Gasteiger partial charge is 0.277 e. The number of nitro benzene ring substituents is 2. The van der Waals surface area contributed by atoms with Crippen molar-refractivity contribution in [1.29, 1.82) is 0 Å². The highest BCUT2D eigenvalue weighted by Gasteiger charge is 2.17. The van der Waals surface area contributed by atoms with Crippen molar-refractivity contribution in [1.82, 2.24) is 4.98 Å². The van der Waals surface area contributed by atoms with Gasteiger partial charge in [-0.05, 0) is 47.5 Å². The summed E-state index contributed by atoms with van der Waals surface area (Å²) in [5.41, 5.74) is 4.41. The Kier molecular flexibility index (Phi) is 4.22. The first-order valence-corrected chi connectivity index (χ1v) is 9.56. The summed E-state index contributed by atoms with van der Waals surface area (Å²) < 4.78 is 0. The second-order valence-electron chi connectivity index (χ2n) is 7.19. The highest BCUT2D eigenvalue weighted by Crippen LogP contribution is 2.37. The third kappa shape index (κ3) is 3.08. The monoisotopic (exact) mass is 409 g/mol. The fourth-order valence-electron chi connectivity index (χ4n) is 3.99. The Hall–Kier alpha value is -4.52. The summed E-state index contributed by atoms with van der Waals surface area (Å²) in [6.45, 7) is 0. The predicted molar refractivity (Wildman–Crippen MR) is 120 cm³/mol. The van der Waals surface area contributed by atoms with Gasteiger partial charge in [-0.2, -0.15) is 0 Å². The zero-order chi connectivity index (χ0) is 21.5. The molecule has 0 saturated heterocycles. The summed E-state index contributed by atoms with van der Waals surface area (Å²) in [6, 6.07) is 24.6. The van der Waals surface area contributed by atoms with Gasteiger partial charge in [-0.1, -0.05) is 36.4 Å². The van der Waals surface area contributed by atoms with Crippen LogP contribution >= 0.6 is 0 Å². The van der Waals surface area contributed by atoms with Gasteiger partial charge in [0.2, 0.25) is 0 Å². The van der Waals surface area contributed by atoms with Gasteiger partial charge in [0.05, 0.1) is 21.0 Å². The van der Waals surface area contributed by atoms with E-state index in [-0.39, 0.29) is 21.2 Å². The van der Waals surface area contributed by atoms with E-state index in [1.165, 1.54) is 12.1 Å². The van der Waals surface area contributed by atoms with Gasteiger partial charge in [-0.15, -0.1) is 0 Å². The molecule has 0 unspecified atom stereocenters. The Labute approximate surface area is 175 Å². The first kappa shape index (κ1) is 18.5. The van der Waals surface area contributed by atoms with Crippen molar-refractivity contribution in [2.45, 2.75) is 0 Å². The molecule has 1 N–H and O–H groups in total. The lowest BCUT2D eigenvalue weighted by molar-refractivity contribution is -0.384. The topological polar surface area (TPSA) is 102 Å². The Balaban J connectivity index is 1.73. The highest BCUT2D eigenvalue weighted by molar-refractivity contribution is 6.10. The maximum Gasteiger partial charge on any atom is 0.277 e. The number of rotatable bonds is 4. The Morgan fingerprint density at radius 1 is 0.581 bits per heavy atom. The first-order chi connectivity index (χ1) is 15.0. The van der Waals surface area contributed by atoms with E-state index in [0.717, 1.165) is 32.9 Å². The van der Waals surface area contributed by atoms with Crippen molar-refractivity contribution in [3.63, 3.8) is 0 Å². The van der Waals surface area contributed by atoms with E-state index in [1.54, 1.807) is 36.4 Å². The molecule has 5 rings (SSSR count). The molecule has 31 heavy (non-hydrogen) atoms. The van der Waals surface area contributed by atoms with Crippen LogP contribution in [0.3, 0.4) is 0 Å². The number of H-pyrrole nitrogens is 1. The van der Waals surface area contributed by atoms with Crippen molar-refractivity contribution in [3.05, 3.63) is 105 Å². The summed E-state index contributed by atoms with van der Waals surface area (Å²) in [7, 11) is 0. The molecule has 0 saturated carbocycles. The maximum absolute atomic E-state index is 11.5. The minimum absolute atomic E-state index is 0.0438. The molecule has 150 valence electrons. The lowest BCUT2D eigenvalue weighted by Crippen LogP contribution is -1.91. The third-order valence-electron chi connectivity index (χ3n) is 5.42. The molecule has 7 heteroatoms. The minimum Gasteiger partial charge on any atom is -0.355 e. The van der Waals surface area contributed by atoms with Gasteiger partial charge in [-0.3, -0.25) is 20.2 Å². The Morgan fingerprint density at radius 3 is 1.42 bits per heavy atom. The van der Waals surface area contributed by atoms with Crippen molar-refractivity contribution < 1.29 is 9.85 Å². The van der Waals surface area contributed by atoms with Crippen molar-refractivity contribution in [2.24, 2.45) is 0 Å². The largest absolute Gasteiger partial charge is 0.355 e. The van der Waals surface area contributed by atoms with E-state index in [2.05, 4.69) is 4.98 Å². The van der Waals surface area contributed by atoms with Gasteiger partial charge in [0.1, 0.15) is 0 Å². The number of fused-ring (bicyclic) bond motifs is 3. The molecule has 0 radical (unpaired) electrons. The molecule has 0 aliphatic rings. The predicted octanol–water partition coefficient (Wildman–Crippen LogP) is 6.47. The number of nitrogens with zero attached hydrogens (tertiary/aromatic N) is 2. The number of hydrogen-bond donors (Lipinski definition) is 1. The van der Waals surface area contributed by atoms with Crippen LogP contribution in [0.4, 0.5) is 11.4 Å². The Morgan fingerprint density at radius 2 is 1.00 bits per heavy atom. The average Bonchev–Trinajstić information content (AvgIpc) is 3.16. The van der Waals surface area contributed by atoms with Crippen LogP contribution in [0, 0.1) is 20.2 Å². The third-order valence-corrected chi connectivity index (χ3v) is 5.42. The quantitative estimate of drug-likeness (QED) is 0.271. The number of nitro groups is 2. The van der Waals surface area contributed by atoms with Crippen LogP contribution in [0.2, 0.25) is 0 Å². The van der Waals surface area contributed by atoms with Gasteiger partial charge in [0, 0.05) is 33.9 Å². The number of benzene rings is 4. The highest BCUT2D eigenvalue weighted by atomic mass is 16.6. The molecule has 5 aromatic rings. The van der Waals surface area contributed by atoms with Crippen molar-refractivity contribution >= 4 is 33.2 Å². The molecule has 0 bridgehead atoms. The van der Waals surface area contributed by atoms with Crippen molar-refractivity contribution in [3.8, 4) is 22.3 Å². The van der Waals surface area contributed by atoms with Crippen molar-refractivity contribution in [2.75, 3.05) is 0 Å². The average molecular weight is 409 g/mol. The maximum atomic E-state index is 11.5. The zero-order valence-corrected chi connectivity index (χ0v) is 16.1. The van der Waals surface area contributed by atoms with E-state index < -0.39 is 0 Å². The number of nitrogens with one attached hydrogen (secondary N) is 1. The molecular formula is C24H15N3O4. The summed E-state index contributed by atoms with van der Waals surface area (Å²) in [6.07, 6.45) is 0. The van der Waals surface area contributed by atoms with Crippen LogP contribution < -0.4 is 0 Å². The van der Waals surface area contributed by atoms with Crippen LogP contribution in [0.15, 0.2) is 84.9 Å². The van der Waals surface area contributed by atoms with E-state index in [1.807, 2.05) is 36.4 Å². The second kappa shape index (κ2) is 7.07. The van der Waals surface area contributed by atoms with Gasteiger partial charge in [-0.25, -0.2) is 0 Å². The van der Waals surface area contributed by atoms with Gasteiger partial charge < -0.3 is 4.98 Å². The molecule has 0 atom stereocenters. The van der Waals surface area contributed by atoms with E-state index >= 15 is 0 Å². The molecule has 7 nitrogen and oxygen atoms in total. The van der Waals surface area contributed by atoms with E-state index in [4.69, 9.17) is 0 Å². The summed E-state index contributed by atoms with van der Waals surface area (Å²) in [4.78, 5) is 25.5. The second-order valence-corrected chi connectivity index (χ2v) is 7.19. The molecular weight excluding hydrogens is 394 g/mol. The van der Waals surface area contributed by atoms with Crippen LogP contribution in [0.1, 0.15) is 0 Å². The van der Waals surface area contributed by atoms with Gasteiger partial charge >= 0.3 is 0 Å².